The van der Waals surface area contributed by atoms with E-state index in [0.29, 0.717) is 29.5 Å². The minimum atomic E-state index is -0.603. The Morgan fingerprint density at radius 1 is 0.727 bits per heavy atom. The van der Waals surface area contributed by atoms with Crippen molar-refractivity contribution in [1.29, 1.82) is 0 Å². The van der Waals surface area contributed by atoms with Gasteiger partial charge in [-0.05, 0) is 46.0 Å². The standard InChI is InChI=1S/C46H39N3O5S/c50-29-31-16-18-34(19-17-31)41-26-40(30-55-46-49-42(35-10-3-1-4-11-35)43(54-46)36-12-5-2-6-13-36)52-45(53-41)37-22-20-33(21-23-37)38-14-7-9-32(25-38)27-48-44(51)39-15-8-24-47-28-39/h1-25,28,40-41,45,50H,26-27,29-30H2,(H,48,51)/t40-,41+,45+/m0/s1. The molecule has 9 heteroatoms. The number of nitrogens with one attached hydrogen (secondary N) is 1. The molecule has 0 unspecified atom stereocenters. The van der Waals surface area contributed by atoms with Crippen LogP contribution >= 0.6 is 11.8 Å². The lowest BCUT2D eigenvalue weighted by Gasteiger charge is -2.36. The molecule has 1 fully saturated rings. The van der Waals surface area contributed by atoms with Gasteiger partial charge < -0.3 is 24.3 Å². The Morgan fingerprint density at radius 3 is 2.18 bits per heavy atom. The van der Waals surface area contributed by atoms with Crippen LogP contribution in [0, 0.1) is 0 Å². The van der Waals surface area contributed by atoms with Gasteiger partial charge in [0.25, 0.3) is 11.1 Å². The molecule has 0 aliphatic carbocycles. The first-order valence-electron chi connectivity index (χ1n) is 18.2. The highest BCUT2D eigenvalue weighted by Gasteiger charge is 2.33. The fraction of sp³-hybridized carbons (Fsp3) is 0.152. The van der Waals surface area contributed by atoms with Crippen molar-refractivity contribution < 1.29 is 23.8 Å². The van der Waals surface area contributed by atoms with Gasteiger partial charge in [0.05, 0.1) is 24.4 Å². The van der Waals surface area contributed by atoms with E-state index in [4.69, 9.17) is 18.9 Å². The van der Waals surface area contributed by atoms with Gasteiger partial charge in [0, 0.05) is 47.8 Å². The number of aliphatic hydroxyl groups is 1. The van der Waals surface area contributed by atoms with Crippen LogP contribution in [-0.2, 0) is 22.6 Å². The SMILES string of the molecule is O=C(NCc1cccc(-c2ccc([C@@H]3O[C@H](CSc4nc(-c5ccccc5)c(-c5ccccc5)o4)C[C@H](c4ccc(CO)cc4)O3)cc2)c1)c1cccnc1. The molecule has 5 aromatic carbocycles. The van der Waals surface area contributed by atoms with Gasteiger partial charge in [0.2, 0.25) is 0 Å². The molecule has 8 nitrogen and oxygen atoms in total. The molecule has 0 spiro atoms. The van der Waals surface area contributed by atoms with E-state index in [2.05, 4.69) is 34.6 Å². The van der Waals surface area contributed by atoms with Crippen molar-refractivity contribution in [1.82, 2.24) is 15.3 Å². The first-order valence-corrected chi connectivity index (χ1v) is 19.2. The molecule has 3 heterocycles. The molecular formula is C46H39N3O5S. The van der Waals surface area contributed by atoms with Crippen molar-refractivity contribution in [2.24, 2.45) is 0 Å². The monoisotopic (exact) mass is 745 g/mol. The quantitative estimate of drug-likeness (QED) is 0.119. The van der Waals surface area contributed by atoms with Gasteiger partial charge in [-0.3, -0.25) is 9.78 Å². The van der Waals surface area contributed by atoms with Crippen molar-refractivity contribution in [3.8, 4) is 33.7 Å². The smallest absolute Gasteiger partial charge is 0.256 e. The third-order valence-electron chi connectivity index (χ3n) is 9.52. The zero-order chi connectivity index (χ0) is 37.4. The number of ether oxygens (including phenoxy) is 2. The maximum atomic E-state index is 12.6. The molecule has 8 rings (SSSR count). The summed E-state index contributed by atoms with van der Waals surface area (Å²) in [7, 11) is 0. The molecule has 0 saturated carbocycles. The van der Waals surface area contributed by atoms with Crippen molar-refractivity contribution in [2.45, 2.75) is 43.3 Å². The van der Waals surface area contributed by atoms with Crippen LogP contribution in [0.15, 0.2) is 168 Å². The van der Waals surface area contributed by atoms with Gasteiger partial charge in [0.1, 0.15) is 5.69 Å². The number of pyridine rings is 1. The predicted octanol–water partition coefficient (Wildman–Crippen LogP) is 9.83. The van der Waals surface area contributed by atoms with E-state index in [0.717, 1.165) is 56.0 Å². The minimum Gasteiger partial charge on any atom is -0.431 e. The second kappa shape index (κ2) is 17.1. The lowest BCUT2D eigenvalue weighted by atomic mass is 9.99. The van der Waals surface area contributed by atoms with E-state index < -0.39 is 6.29 Å². The number of oxazole rings is 1. The molecule has 1 aliphatic heterocycles. The second-order valence-corrected chi connectivity index (χ2v) is 14.3. The van der Waals surface area contributed by atoms with Crippen LogP contribution in [0.25, 0.3) is 33.7 Å². The number of hydrogen-bond donors (Lipinski definition) is 2. The molecule has 2 N–H and O–H groups in total. The van der Waals surface area contributed by atoms with Crippen LogP contribution in [-0.4, -0.2) is 32.8 Å². The van der Waals surface area contributed by atoms with E-state index in [9.17, 15) is 9.90 Å². The highest BCUT2D eigenvalue weighted by atomic mass is 32.2. The molecule has 1 amide bonds. The Labute approximate surface area is 324 Å². The average Bonchev–Trinajstić information content (AvgIpc) is 3.70. The Morgan fingerprint density at radius 2 is 1.45 bits per heavy atom. The molecule has 3 atom stereocenters. The Kier molecular flexibility index (Phi) is 11.2. The highest BCUT2D eigenvalue weighted by molar-refractivity contribution is 7.99. The molecule has 1 aliphatic rings. The molecule has 7 aromatic rings. The topological polar surface area (TPSA) is 107 Å². The van der Waals surface area contributed by atoms with E-state index >= 15 is 0 Å². The fourth-order valence-corrected chi connectivity index (χ4v) is 7.44. The van der Waals surface area contributed by atoms with Crippen LogP contribution in [0.4, 0.5) is 0 Å². The molecule has 0 radical (unpaired) electrons. The molecule has 0 bridgehead atoms. The minimum absolute atomic E-state index is 0.0157. The van der Waals surface area contributed by atoms with E-state index in [1.54, 1.807) is 24.5 Å². The number of hydrogen-bond acceptors (Lipinski definition) is 8. The Bertz CT molecular complexity index is 2260. The summed E-state index contributed by atoms with van der Waals surface area (Å²) >= 11 is 1.54. The summed E-state index contributed by atoms with van der Waals surface area (Å²) in [5, 5.41) is 13.2. The summed E-state index contributed by atoms with van der Waals surface area (Å²) in [6.45, 7) is 0.385. The molecular weight excluding hydrogens is 707 g/mol. The maximum Gasteiger partial charge on any atom is 0.256 e. The first kappa shape index (κ1) is 36.2. The van der Waals surface area contributed by atoms with Crippen molar-refractivity contribution in [2.75, 3.05) is 5.75 Å². The number of rotatable bonds is 12. The van der Waals surface area contributed by atoms with Gasteiger partial charge >= 0.3 is 0 Å². The van der Waals surface area contributed by atoms with Gasteiger partial charge in [0.15, 0.2) is 12.1 Å². The summed E-state index contributed by atoms with van der Waals surface area (Å²) in [6, 6.07) is 47.9. The number of carbonyl (C=O) groups excluding carboxylic acids is 1. The third-order valence-corrected chi connectivity index (χ3v) is 10.5. The Balaban J connectivity index is 0.996. The zero-order valence-corrected chi connectivity index (χ0v) is 30.8. The van der Waals surface area contributed by atoms with Crippen LogP contribution in [0.2, 0.25) is 0 Å². The van der Waals surface area contributed by atoms with Crippen molar-refractivity contribution in [3.05, 3.63) is 186 Å². The zero-order valence-electron chi connectivity index (χ0n) is 30.0. The number of thioether (sulfide) groups is 1. The number of benzene rings is 5. The van der Waals surface area contributed by atoms with Gasteiger partial charge in [-0.2, -0.15) is 0 Å². The van der Waals surface area contributed by atoms with E-state index in [1.807, 2.05) is 109 Å². The largest absolute Gasteiger partial charge is 0.431 e. The second-order valence-electron chi connectivity index (χ2n) is 13.3. The van der Waals surface area contributed by atoms with Gasteiger partial charge in [-0.25, -0.2) is 4.98 Å². The number of amides is 1. The average molecular weight is 746 g/mol. The summed E-state index contributed by atoms with van der Waals surface area (Å²) in [4.78, 5) is 21.6. The summed E-state index contributed by atoms with van der Waals surface area (Å²) < 4.78 is 19.7. The molecule has 1 saturated heterocycles. The summed E-state index contributed by atoms with van der Waals surface area (Å²) in [5.74, 6) is 1.18. The highest BCUT2D eigenvalue weighted by Crippen LogP contribution is 2.41. The van der Waals surface area contributed by atoms with Gasteiger partial charge in [-0.15, -0.1) is 0 Å². The van der Waals surface area contributed by atoms with Crippen molar-refractivity contribution >= 4 is 17.7 Å². The van der Waals surface area contributed by atoms with Crippen LogP contribution in [0.5, 0.6) is 0 Å². The Hall–Kier alpha value is -5.84. The number of carbonyl (C=O) groups is 1. The van der Waals surface area contributed by atoms with E-state index in [-0.39, 0.29) is 24.7 Å². The van der Waals surface area contributed by atoms with Gasteiger partial charge in [-0.1, -0.05) is 139 Å². The predicted molar refractivity (Wildman–Crippen MR) is 214 cm³/mol. The molecule has 55 heavy (non-hydrogen) atoms. The van der Waals surface area contributed by atoms with Crippen LogP contribution in [0.3, 0.4) is 0 Å². The summed E-state index contributed by atoms with van der Waals surface area (Å²) in [6.07, 6.45) is 2.85. The summed E-state index contributed by atoms with van der Waals surface area (Å²) in [5.41, 5.74) is 9.15. The van der Waals surface area contributed by atoms with Crippen LogP contribution in [0.1, 0.15) is 51.4 Å². The van der Waals surface area contributed by atoms with Crippen molar-refractivity contribution in [3.63, 3.8) is 0 Å². The normalized spacial score (nSPS) is 16.8. The fourth-order valence-electron chi connectivity index (χ4n) is 6.60. The maximum absolute atomic E-state index is 12.6. The first-order chi connectivity index (χ1) is 27.1. The molecule has 2 aromatic heterocycles. The lowest BCUT2D eigenvalue weighted by molar-refractivity contribution is -0.245. The lowest BCUT2D eigenvalue weighted by Crippen LogP contribution is -2.31. The third kappa shape index (κ3) is 8.77. The van der Waals surface area contributed by atoms with Crippen LogP contribution < -0.4 is 5.32 Å². The number of nitrogens with zero attached hydrogens (tertiary/aromatic N) is 2. The number of aromatic nitrogens is 2. The number of aliphatic hydroxyl groups excluding tert-OH is 1. The van der Waals surface area contributed by atoms with E-state index in [1.165, 1.54) is 11.8 Å². The molecule has 274 valence electrons.